The highest BCUT2D eigenvalue weighted by atomic mass is 19.3. The van der Waals surface area contributed by atoms with Gasteiger partial charge in [0.1, 0.15) is 5.54 Å². The van der Waals surface area contributed by atoms with E-state index < -0.39 is 17.9 Å². The number of carbonyl (C=O) groups is 1. The molecule has 4 nitrogen and oxygen atoms in total. The fraction of sp³-hybridized carbons (Fsp3) is 0.900. The predicted octanol–water partition coefficient (Wildman–Crippen LogP) is 0.854. The van der Waals surface area contributed by atoms with E-state index >= 15 is 0 Å². The van der Waals surface area contributed by atoms with E-state index in [1.54, 1.807) is 20.9 Å². The Bertz CT molecular complexity index is 223. The molecule has 16 heavy (non-hydrogen) atoms. The number of hydrogen-bond donors (Lipinski definition) is 1. The highest BCUT2D eigenvalue weighted by Crippen LogP contribution is 2.09. The zero-order valence-electron chi connectivity index (χ0n) is 10.0. The van der Waals surface area contributed by atoms with E-state index in [9.17, 15) is 13.6 Å². The first kappa shape index (κ1) is 15.2. The maximum atomic E-state index is 12.0. The summed E-state index contributed by atoms with van der Waals surface area (Å²) in [6.07, 6.45) is -2.09. The van der Waals surface area contributed by atoms with Crippen molar-refractivity contribution in [2.45, 2.75) is 32.2 Å². The van der Waals surface area contributed by atoms with Crippen LogP contribution in [0.3, 0.4) is 0 Å². The molecule has 0 rings (SSSR count). The largest absolute Gasteiger partial charge is 0.465 e. The second-order valence-corrected chi connectivity index (χ2v) is 4.04. The molecule has 0 amide bonds. The maximum Gasteiger partial charge on any atom is 0.325 e. The summed E-state index contributed by atoms with van der Waals surface area (Å²) < 4.78 is 28.8. The minimum Gasteiger partial charge on any atom is -0.465 e. The van der Waals surface area contributed by atoms with Gasteiger partial charge >= 0.3 is 5.97 Å². The number of rotatable bonds is 7. The van der Waals surface area contributed by atoms with Gasteiger partial charge in [0, 0.05) is 6.54 Å². The van der Waals surface area contributed by atoms with Gasteiger partial charge in [-0.1, -0.05) is 0 Å². The first-order chi connectivity index (χ1) is 7.29. The molecular formula is C10H20F2N2O2. The Labute approximate surface area is 94.7 Å². The standard InChI is InChI=1S/C10H20F2N2O2/c1-4-16-9(15)10(2,13)5-6-14(3)7-8(11)12/h8H,4-7,13H2,1-3H3. The molecule has 0 aliphatic heterocycles. The number of ether oxygens (including phenoxy) is 1. The van der Waals surface area contributed by atoms with Crippen molar-refractivity contribution in [2.24, 2.45) is 5.73 Å². The topological polar surface area (TPSA) is 55.6 Å². The van der Waals surface area contributed by atoms with Gasteiger partial charge in [-0.25, -0.2) is 8.78 Å². The van der Waals surface area contributed by atoms with Crippen molar-refractivity contribution in [1.29, 1.82) is 0 Å². The Kier molecular flexibility index (Phi) is 6.43. The molecule has 0 aliphatic rings. The summed E-state index contributed by atoms with van der Waals surface area (Å²) in [5, 5.41) is 0. The Balaban J connectivity index is 4.02. The summed E-state index contributed by atoms with van der Waals surface area (Å²) in [5.74, 6) is -0.500. The number of nitrogens with zero attached hydrogens (tertiary/aromatic N) is 1. The SMILES string of the molecule is CCOC(=O)C(C)(N)CCN(C)CC(F)F. The van der Waals surface area contributed by atoms with Gasteiger partial charge in [0.15, 0.2) is 0 Å². The summed E-state index contributed by atoms with van der Waals surface area (Å²) >= 11 is 0. The molecule has 0 saturated heterocycles. The average Bonchev–Trinajstić information content (AvgIpc) is 2.14. The number of nitrogens with two attached hydrogens (primary N) is 1. The molecular weight excluding hydrogens is 218 g/mol. The number of halogens is 2. The van der Waals surface area contributed by atoms with E-state index in [0.717, 1.165) is 0 Å². The highest BCUT2D eigenvalue weighted by Gasteiger charge is 2.29. The lowest BCUT2D eigenvalue weighted by atomic mass is 9.99. The molecule has 0 saturated carbocycles. The predicted molar refractivity (Wildman–Crippen MR) is 57.3 cm³/mol. The molecule has 0 aromatic rings. The minimum absolute atomic E-state index is 0.262. The van der Waals surface area contributed by atoms with Crippen LogP contribution in [0.5, 0.6) is 0 Å². The van der Waals surface area contributed by atoms with Crippen molar-refractivity contribution in [3.8, 4) is 0 Å². The van der Waals surface area contributed by atoms with Crippen LogP contribution < -0.4 is 5.73 Å². The molecule has 2 N–H and O–H groups in total. The lowest BCUT2D eigenvalue weighted by molar-refractivity contribution is -0.149. The summed E-state index contributed by atoms with van der Waals surface area (Å²) in [4.78, 5) is 12.8. The van der Waals surface area contributed by atoms with Crippen molar-refractivity contribution in [2.75, 3.05) is 26.7 Å². The molecule has 0 fully saturated rings. The molecule has 96 valence electrons. The summed E-state index contributed by atoms with van der Waals surface area (Å²) in [7, 11) is 1.56. The monoisotopic (exact) mass is 238 g/mol. The van der Waals surface area contributed by atoms with Crippen LogP contribution in [0.25, 0.3) is 0 Å². The zero-order valence-corrected chi connectivity index (χ0v) is 10.0. The van der Waals surface area contributed by atoms with Crippen LogP contribution in [0.4, 0.5) is 8.78 Å². The van der Waals surface area contributed by atoms with Crippen LogP contribution >= 0.6 is 0 Å². The quantitative estimate of drug-likeness (QED) is 0.668. The molecule has 0 radical (unpaired) electrons. The second-order valence-electron chi connectivity index (χ2n) is 4.04. The van der Waals surface area contributed by atoms with Crippen LogP contribution in [-0.4, -0.2) is 49.6 Å². The normalized spacial score (nSPS) is 15.2. The van der Waals surface area contributed by atoms with E-state index in [1.165, 1.54) is 4.90 Å². The van der Waals surface area contributed by atoms with E-state index in [2.05, 4.69) is 0 Å². The van der Waals surface area contributed by atoms with E-state index in [0.29, 0.717) is 6.54 Å². The van der Waals surface area contributed by atoms with E-state index in [1.807, 2.05) is 0 Å². The minimum atomic E-state index is -2.38. The van der Waals surface area contributed by atoms with Gasteiger partial charge in [0.05, 0.1) is 13.2 Å². The Morgan fingerprint density at radius 3 is 2.56 bits per heavy atom. The summed E-state index contributed by atoms with van der Waals surface area (Å²) in [6, 6.07) is 0. The van der Waals surface area contributed by atoms with Crippen LogP contribution in [0.2, 0.25) is 0 Å². The van der Waals surface area contributed by atoms with Crippen LogP contribution in [0, 0.1) is 0 Å². The van der Waals surface area contributed by atoms with Crippen molar-refractivity contribution in [3.63, 3.8) is 0 Å². The first-order valence-corrected chi connectivity index (χ1v) is 5.22. The molecule has 0 aliphatic carbocycles. The van der Waals surface area contributed by atoms with Gasteiger partial charge in [-0.15, -0.1) is 0 Å². The molecule has 1 atom stereocenters. The van der Waals surface area contributed by atoms with Gasteiger partial charge in [-0.2, -0.15) is 0 Å². The lowest BCUT2D eigenvalue weighted by Gasteiger charge is -2.25. The average molecular weight is 238 g/mol. The number of hydrogen-bond acceptors (Lipinski definition) is 4. The molecule has 0 heterocycles. The van der Waals surface area contributed by atoms with Gasteiger partial charge in [0.25, 0.3) is 6.43 Å². The van der Waals surface area contributed by atoms with E-state index in [4.69, 9.17) is 10.5 Å². The summed E-state index contributed by atoms with van der Waals surface area (Å²) in [6.45, 7) is 3.51. The maximum absolute atomic E-state index is 12.0. The van der Waals surface area contributed by atoms with Gasteiger partial charge in [0.2, 0.25) is 0 Å². The Morgan fingerprint density at radius 2 is 2.12 bits per heavy atom. The third kappa shape index (κ3) is 5.97. The molecule has 0 aromatic heterocycles. The molecule has 1 unspecified atom stereocenters. The van der Waals surface area contributed by atoms with Gasteiger partial charge in [-0.3, -0.25) is 4.79 Å². The first-order valence-electron chi connectivity index (χ1n) is 5.22. The summed E-state index contributed by atoms with van der Waals surface area (Å²) in [5.41, 5.74) is 4.62. The fourth-order valence-electron chi connectivity index (χ4n) is 1.15. The highest BCUT2D eigenvalue weighted by molar-refractivity contribution is 5.79. The van der Waals surface area contributed by atoms with Crippen molar-refractivity contribution in [3.05, 3.63) is 0 Å². The number of alkyl halides is 2. The van der Waals surface area contributed by atoms with Crippen molar-refractivity contribution >= 4 is 5.97 Å². The van der Waals surface area contributed by atoms with Crippen molar-refractivity contribution in [1.82, 2.24) is 4.90 Å². The molecule has 0 spiro atoms. The van der Waals surface area contributed by atoms with E-state index in [-0.39, 0.29) is 19.6 Å². The van der Waals surface area contributed by atoms with Gasteiger partial charge in [-0.05, 0) is 27.3 Å². The third-order valence-corrected chi connectivity index (χ3v) is 2.20. The van der Waals surface area contributed by atoms with Gasteiger partial charge < -0.3 is 15.4 Å². The van der Waals surface area contributed by atoms with Crippen molar-refractivity contribution < 1.29 is 18.3 Å². The molecule has 0 bridgehead atoms. The zero-order chi connectivity index (χ0) is 12.8. The lowest BCUT2D eigenvalue weighted by Crippen LogP contribution is -2.48. The van der Waals surface area contributed by atoms with Crippen LogP contribution in [0.1, 0.15) is 20.3 Å². The Hall–Kier alpha value is -0.750. The molecule has 6 heteroatoms. The fourth-order valence-corrected chi connectivity index (χ4v) is 1.15. The number of carbonyl (C=O) groups excluding carboxylic acids is 1. The number of esters is 1. The second kappa shape index (κ2) is 6.75. The third-order valence-electron chi connectivity index (χ3n) is 2.20. The smallest absolute Gasteiger partial charge is 0.325 e. The Morgan fingerprint density at radius 1 is 1.56 bits per heavy atom. The van der Waals surface area contributed by atoms with Crippen LogP contribution in [-0.2, 0) is 9.53 Å². The van der Waals surface area contributed by atoms with Crippen LogP contribution in [0.15, 0.2) is 0 Å². The molecule has 0 aromatic carbocycles.